The predicted octanol–water partition coefficient (Wildman–Crippen LogP) is 19.0. The molecular formula is C63H117NO5. The monoisotopic (exact) mass is 968 g/mol. The molecule has 2 unspecified atom stereocenters. The number of esters is 1. The van der Waals surface area contributed by atoms with Gasteiger partial charge in [-0.1, -0.05) is 262 Å². The minimum Gasteiger partial charge on any atom is -0.466 e. The van der Waals surface area contributed by atoms with Crippen LogP contribution in [0.5, 0.6) is 0 Å². The van der Waals surface area contributed by atoms with Gasteiger partial charge in [0.15, 0.2) is 0 Å². The molecule has 0 fully saturated rings. The average molecular weight is 969 g/mol. The van der Waals surface area contributed by atoms with Crippen molar-refractivity contribution in [2.24, 2.45) is 0 Å². The summed E-state index contributed by atoms with van der Waals surface area (Å²) < 4.78 is 5.48. The number of hydrogen-bond donors (Lipinski definition) is 3. The van der Waals surface area contributed by atoms with Crippen LogP contribution in [0, 0.1) is 0 Å². The quantitative estimate of drug-likeness (QED) is 0.0321. The molecule has 0 aromatic rings. The summed E-state index contributed by atoms with van der Waals surface area (Å²) in [7, 11) is 0. The van der Waals surface area contributed by atoms with Gasteiger partial charge in [-0.05, 0) is 89.9 Å². The maximum Gasteiger partial charge on any atom is 0.305 e. The highest BCUT2D eigenvalue weighted by atomic mass is 16.5. The highest BCUT2D eigenvalue weighted by Crippen LogP contribution is 2.16. The zero-order valence-electron chi connectivity index (χ0n) is 46.0. The lowest BCUT2D eigenvalue weighted by molar-refractivity contribution is -0.143. The number of allylic oxidation sites excluding steroid dienone is 7. The summed E-state index contributed by atoms with van der Waals surface area (Å²) in [4.78, 5) is 24.6. The summed E-state index contributed by atoms with van der Waals surface area (Å²) in [6.07, 6.45) is 74.2. The molecule has 1 amide bonds. The zero-order chi connectivity index (χ0) is 50.0. The van der Waals surface area contributed by atoms with Crippen LogP contribution in [0.2, 0.25) is 0 Å². The van der Waals surface area contributed by atoms with Crippen LogP contribution in [0.3, 0.4) is 0 Å². The summed E-state index contributed by atoms with van der Waals surface area (Å²) in [6, 6.07) is -0.642. The topological polar surface area (TPSA) is 95.9 Å². The molecular weight excluding hydrogens is 851 g/mol. The number of nitrogens with one attached hydrogen (secondary N) is 1. The normalized spacial score (nSPS) is 12.9. The Morgan fingerprint density at radius 2 is 0.725 bits per heavy atom. The van der Waals surface area contributed by atoms with Crippen molar-refractivity contribution in [1.29, 1.82) is 0 Å². The molecule has 0 bridgehead atoms. The van der Waals surface area contributed by atoms with Gasteiger partial charge in [0.05, 0.1) is 25.4 Å². The Bertz CT molecular complexity index is 1160. The molecule has 0 spiro atoms. The van der Waals surface area contributed by atoms with E-state index in [9.17, 15) is 19.8 Å². The molecule has 6 heteroatoms. The van der Waals surface area contributed by atoms with Crippen LogP contribution in [0.1, 0.15) is 316 Å². The summed E-state index contributed by atoms with van der Waals surface area (Å²) in [5.74, 6) is -0.0957. The van der Waals surface area contributed by atoms with Crippen LogP contribution >= 0.6 is 0 Å². The second kappa shape index (κ2) is 58.4. The van der Waals surface area contributed by atoms with Gasteiger partial charge in [-0.2, -0.15) is 0 Å². The van der Waals surface area contributed by atoms with E-state index >= 15 is 0 Å². The lowest BCUT2D eigenvalue weighted by atomic mass is 10.0. The number of amides is 1. The smallest absolute Gasteiger partial charge is 0.305 e. The molecule has 3 N–H and O–H groups in total. The molecule has 0 aliphatic carbocycles. The molecule has 0 radical (unpaired) electrons. The lowest BCUT2D eigenvalue weighted by Gasteiger charge is -2.20. The van der Waals surface area contributed by atoms with Gasteiger partial charge in [0.2, 0.25) is 5.91 Å². The number of carbonyl (C=O) groups is 2. The van der Waals surface area contributed by atoms with Gasteiger partial charge >= 0.3 is 5.97 Å². The third-order valence-corrected chi connectivity index (χ3v) is 13.8. The number of carbonyl (C=O) groups excluding carboxylic acids is 2. The molecule has 0 saturated heterocycles. The van der Waals surface area contributed by atoms with Gasteiger partial charge in [-0.15, -0.1) is 0 Å². The van der Waals surface area contributed by atoms with E-state index in [-0.39, 0.29) is 18.5 Å². The summed E-state index contributed by atoms with van der Waals surface area (Å²) in [5.41, 5.74) is 0. The maximum absolute atomic E-state index is 12.5. The summed E-state index contributed by atoms with van der Waals surface area (Å²) >= 11 is 0. The minimum atomic E-state index is -0.857. The van der Waals surface area contributed by atoms with E-state index in [1.165, 1.54) is 218 Å². The van der Waals surface area contributed by atoms with E-state index in [0.717, 1.165) is 70.6 Å². The summed E-state index contributed by atoms with van der Waals surface area (Å²) in [6.45, 7) is 4.87. The van der Waals surface area contributed by atoms with Crippen LogP contribution in [0.15, 0.2) is 48.6 Å². The number of ether oxygens (including phenoxy) is 1. The van der Waals surface area contributed by atoms with Crippen LogP contribution in [-0.4, -0.2) is 47.4 Å². The number of rotatable bonds is 56. The first kappa shape index (κ1) is 66.8. The largest absolute Gasteiger partial charge is 0.466 e. The van der Waals surface area contributed by atoms with Crippen LogP contribution in [0.4, 0.5) is 0 Å². The zero-order valence-corrected chi connectivity index (χ0v) is 46.0. The number of aliphatic hydroxyl groups is 2. The average Bonchev–Trinajstić information content (AvgIpc) is 3.35. The van der Waals surface area contributed by atoms with Crippen LogP contribution in [0.25, 0.3) is 0 Å². The fourth-order valence-corrected chi connectivity index (χ4v) is 9.13. The Labute approximate surface area is 429 Å². The second-order valence-corrected chi connectivity index (χ2v) is 20.7. The molecule has 0 aliphatic rings. The molecule has 0 aromatic carbocycles. The maximum atomic E-state index is 12.5. The highest BCUT2D eigenvalue weighted by molar-refractivity contribution is 5.76. The van der Waals surface area contributed by atoms with Crippen molar-refractivity contribution in [1.82, 2.24) is 5.32 Å². The van der Waals surface area contributed by atoms with Crippen molar-refractivity contribution >= 4 is 11.9 Å². The van der Waals surface area contributed by atoms with Gasteiger partial charge in [0.1, 0.15) is 0 Å². The van der Waals surface area contributed by atoms with Crippen molar-refractivity contribution in [3.05, 3.63) is 48.6 Å². The van der Waals surface area contributed by atoms with E-state index in [4.69, 9.17) is 4.74 Å². The number of aliphatic hydroxyl groups excluding tert-OH is 2. The van der Waals surface area contributed by atoms with E-state index in [1.807, 2.05) is 6.08 Å². The lowest BCUT2D eigenvalue weighted by Crippen LogP contribution is -2.45. The molecule has 69 heavy (non-hydrogen) atoms. The minimum absolute atomic E-state index is 0.0114. The molecule has 404 valence electrons. The van der Waals surface area contributed by atoms with Crippen molar-refractivity contribution in [2.75, 3.05) is 13.2 Å². The third kappa shape index (κ3) is 55.0. The van der Waals surface area contributed by atoms with Crippen LogP contribution in [-0.2, 0) is 14.3 Å². The molecule has 6 nitrogen and oxygen atoms in total. The molecule has 0 aliphatic heterocycles. The first-order valence-corrected chi connectivity index (χ1v) is 30.4. The Morgan fingerprint density at radius 3 is 1.13 bits per heavy atom. The Kier molecular flexibility index (Phi) is 56.5. The van der Waals surface area contributed by atoms with Gasteiger partial charge < -0.3 is 20.3 Å². The number of unbranched alkanes of at least 4 members (excludes halogenated alkanes) is 39. The Hall–Kier alpha value is -2.18. The number of hydrogen-bond acceptors (Lipinski definition) is 5. The molecule has 0 aromatic heterocycles. The first-order valence-electron chi connectivity index (χ1n) is 30.4. The fourth-order valence-electron chi connectivity index (χ4n) is 9.13. The predicted molar refractivity (Wildman–Crippen MR) is 301 cm³/mol. The van der Waals surface area contributed by atoms with E-state index in [1.54, 1.807) is 6.08 Å². The first-order chi connectivity index (χ1) is 34.0. The van der Waals surface area contributed by atoms with Crippen molar-refractivity contribution in [3.8, 4) is 0 Å². The van der Waals surface area contributed by atoms with Crippen molar-refractivity contribution in [2.45, 2.75) is 328 Å². The second-order valence-electron chi connectivity index (χ2n) is 20.7. The molecule has 0 heterocycles. The van der Waals surface area contributed by atoms with E-state index < -0.39 is 12.1 Å². The Balaban J connectivity index is 3.50. The van der Waals surface area contributed by atoms with Gasteiger partial charge in [0.25, 0.3) is 0 Å². The third-order valence-electron chi connectivity index (χ3n) is 13.8. The van der Waals surface area contributed by atoms with Crippen LogP contribution < -0.4 is 5.32 Å². The Morgan fingerprint density at radius 1 is 0.406 bits per heavy atom. The van der Waals surface area contributed by atoms with Gasteiger partial charge in [-0.25, -0.2) is 0 Å². The molecule has 2 atom stereocenters. The van der Waals surface area contributed by atoms with E-state index in [2.05, 4.69) is 55.6 Å². The fraction of sp³-hybridized carbons (Fsp3) is 0.841. The highest BCUT2D eigenvalue weighted by Gasteiger charge is 2.18. The van der Waals surface area contributed by atoms with E-state index in [0.29, 0.717) is 19.4 Å². The van der Waals surface area contributed by atoms with Crippen molar-refractivity contribution < 1.29 is 24.5 Å². The van der Waals surface area contributed by atoms with Gasteiger partial charge in [-0.3, -0.25) is 9.59 Å². The van der Waals surface area contributed by atoms with Gasteiger partial charge in [0, 0.05) is 12.8 Å². The molecule has 0 rings (SSSR count). The summed E-state index contributed by atoms with van der Waals surface area (Å²) in [5, 5.41) is 23.1. The molecule has 0 saturated carbocycles. The van der Waals surface area contributed by atoms with Crippen molar-refractivity contribution in [3.63, 3.8) is 0 Å². The SMILES string of the molecule is CCCCCC/C=C\C/C=C\CCCCCCCCCC(=O)OCCCCCCCCC/C=C\CCCCCCCC(=O)NC(CO)C(O)/C=C/CCCCCCCCCCCCCCCCCC. The standard InChI is InChI=1S/C63H117NO5/c1-3-5-7-9-11-13-15-17-19-21-23-27-31-35-39-43-47-51-55-61(66)60(59-65)64-62(67)56-52-48-44-40-36-32-28-25-26-30-34-38-42-46-50-54-58-69-63(68)57-53-49-45-41-37-33-29-24-22-20-18-16-14-12-10-8-6-4-2/h14,16,20,22,25,28,51,55,60-61,65-66H,3-13,15,17-19,21,23-24,26-27,29-50,52-54,56-59H2,1-2H3,(H,64,67)/b16-14-,22-20-,28-25-,55-51+.